The number of hydrogen-bond donors (Lipinski definition) is 0. The molecule has 0 saturated heterocycles. The third-order valence-corrected chi connectivity index (χ3v) is 3.90. The summed E-state index contributed by atoms with van der Waals surface area (Å²) in [5.74, 6) is 1.74. The zero-order valence-corrected chi connectivity index (χ0v) is 12.5. The van der Waals surface area contributed by atoms with Crippen molar-refractivity contribution < 1.29 is 4.74 Å². The standard InChI is InChI=1S/C15H17N3OS/c1-12-9-15(18(2)17-12)20-8-4-7-19-14-6-3-5-13(10-14)11-16/h3,5-6,9-10H,4,7-8H2,1-2H3. The molecule has 0 aliphatic carbocycles. The van der Waals surface area contributed by atoms with Crippen LogP contribution >= 0.6 is 11.8 Å². The molecule has 0 atom stereocenters. The van der Waals surface area contributed by atoms with Crippen LogP contribution < -0.4 is 4.74 Å². The third kappa shape index (κ3) is 4.04. The Labute approximate surface area is 123 Å². The van der Waals surface area contributed by atoms with Crippen LogP contribution in [0.3, 0.4) is 0 Å². The minimum Gasteiger partial charge on any atom is -0.494 e. The molecule has 0 aliphatic heterocycles. The van der Waals surface area contributed by atoms with Gasteiger partial charge in [-0.25, -0.2) is 0 Å². The maximum atomic E-state index is 8.81. The van der Waals surface area contributed by atoms with Gasteiger partial charge in [0.2, 0.25) is 0 Å². The lowest BCUT2D eigenvalue weighted by Gasteiger charge is -2.06. The van der Waals surface area contributed by atoms with Crippen LogP contribution in [0.5, 0.6) is 5.75 Å². The number of aromatic nitrogens is 2. The second kappa shape index (κ2) is 7.01. The van der Waals surface area contributed by atoms with E-state index in [1.165, 1.54) is 5.03 Å². The van der Waals surface area contributed by atoms with Gasteiger partial charge in [-0.2, -0.15) is 10.4 Å². The Morgan fingerprint density at radius 2 is 2.25 bits per heavy atom. The maximum Gasteiger partial charge on any atom is 0.120 e. The largest absolute Gasteiger partial charge is 0.494 e. The fraction of sp³-hybridized carbons (Fsp3) is 0.333. The second-order valence-corrected chi connectivity index (χ2v) is 5.55. The second-order valence-electron chi connectivity index (χ2n) is 4.44. The van der Waals surface area contributed by atoms with Crippen molar-refractivity contribution in [3.63, 3.8) is 0 Å². The molecule has 4 nitrogen and oxygen atoms in total. The zero-order valence-electron chi connectivity index (χ0n) is 11.7. The fourth-order valence-electron chi connectivity index (χ4n) is 1.80. The summed E-state index contributed by atoms with van der Waals surface area (Å²) in [6.07, 6.45) is 0.950. The van der Waals surface area contributed by atoms with Gasteiger partial charge >= 0.3 is 0 Å². The number of benzene rings is 1. The fourth-order valence-corrected chi connectivity index (χ4v) is 2.76. The first-order valence-corrected chi connectivity index (χ1v) is 7.44. The van der Waals surface area contributed by atoms with Crippen molar-refractivity contribution in [3.8, 4) is 11.8 Å². The molecule has 0 N–H and O–H groups in total. The van der Waals surface area contributed by atoms with Crippen molar-refractivity contribution in [2.75, 3.05) is 12.4 Å². The lowest BCUT2D eigenvalue weighted by atomic mass is 10.2. The average Bonchev–Trinajstić information content (AvgIpc) is 2.77. The van der Waals surface area contributed by atoms with Crippen molar-refractivity contribution in [2.45, 2.75) is 18.4 Å². The first-order valence-electron chi connectivity index (χ1n) is 6.45. The van der Waals surface area contributed by atoms with E-state index in [1.807, 2.05) is 30.8 Å². The van der Waals surface area contributed by atoms with E-state index in [0.29, 0.717) is 12.2 Å². The van der Waals surface area contributed by atoms with E-state index in [4.69, 9.17) is 10.00 Å². The third-order valence-electron chi connectivity index (χ3n) is 2.73. The normalized spacial score (nSPS) is 10.2. The Morgan fingerprint density at radius 3 is 2.95 bits per heavy atom. The number of nitrogens with zero attached hydrogens (tertiary/aromatic N) is 3. The van der Waals surface area contributed by atoms with Crippen LogP contribution in [0.15, 0.2) is 35.4 Å². The van der Waals surface area contributed by atoms with Gasteiger partial charge in [-0.15, -0.1) is 11.8 Å². The van der Waals surface area contributed by atoms with E-state index in [-0.39, 0.29) is 0 Å². The van der Waals surface area contributed by atoms with Crippen molar-refractivity contribution >= 4 is 11.8 Å². The summed E-state index contributed by atoms with van der Waals surface area (Å²) in [5.41, 5.74) is 1.67. The molecule has 0 bridgehead atoms. The first kappa shape index (κ1) is 14.5. The monoisotopic (exact) mass is 287 g/mol. The molecule has 0 saturated carbocycles. The summed E-state index contributed by atoms with van der Waals surface area (Å²) in [4.78, 5) is 0. The van der Waals surface area contributed by atoms with E-state index >= 15 is 0 Å². The minimum atomic E-state index is 0.627. The molecule has 104 valence electrons. The Morgan fingerprint density at radius 1 is 1.40 bits per heavy atom. The van der Waals surface area contributed by atoms with Gasteiger partial charge in [0.15, 0.2) is 0 Å². The van der Waals surface area contributed by atoms with Gasteiger partial charge in [-0.1, -0.05) is 6.07 Å². The van der Waals surface area contributed by atoms with Crippen LogP contribution in [0, 0.1) is 18.3 Å². The number of rotatable bonds is 6. The molecule has 0 unspecified atom stereocenters. The van der Waals surface area contributed by atoms with Gasteiger partial charge in [-0.05, 0) is 37.6 Å². The van der Waals surface area contributed by atoms with Gasteiger partial charge in [-0.3, -0.25) is 4.68 Å². The molecule has 1 heterocycles. The van der Waals surface area contributed by atoms with Gasteiger partial charge in [0.25, 0.3) is 0 Å². The van der Waals surface area contributed by atoms with Gasteiger partial charge in [0.05, 0.1) is 29.0 Å². The number of hydrogen-bond acceptors (Lipinski definition) is 4. The van der Waals surface area contributed by atoms with Gasteiger partial charge in [0.1, 0.15) is 5.75 Å². The first-order chi connectivity index (χ1) is 9.69. The van der Waals surface area contributed by atoms with Gasteiger partial charge in [0, 0.05) is 12.8 Å². The molecule has 5 heteroatoms. The minimum absolute atomic E-state index is 0.627. The number of aryl methyl sites for hydroxylation is 2. The van der Waals surface area contributed by atoms with Crippen LogP contribution in [0.1, 0.15) is 17.7 Å². The molecular formula is C15H17N3OS. The van der Waals surface area contributed by atoms with E-state index in [0.717, 1.165) is 23.6 Å². The highest BCUT2D eigenvalue weighted by molar-refractivity contribution is 7.99. The summed E-state index contributed by atoms with van der Waals surface area (Å²) in [5, 5.41) is 14.3. The van der Waals surface area contributed by atoms with Crippen LogP contribution in [-0.2, 0) is 7.05 Å². The smallest absolute Gasteiger partial charge is 0.120 e. The topological polar surface area (TPSA) is 50.8 Å². The quantitative estimate of drug-likeness (QED) is 0.605. The molecule has 2 aromatic rings. The van der Waals surface area contributed by atoms with Crippen LogP contribution in [0.4, 0.5) is 0 Å². The van der Waals surface area contributed by atoms with Crippen LogP contribution in [0.2, 0.25) is 0 Å². The zero-order chi connectivity index (χ0) is 14.4. The predicted octanol–water partition coefficient (Wildman–Crippen LogP) is 3.16. The Hall–Kier alpha value is -1.93. The lowest BCUT2D eigenvalue weighted by molar-refractivity contribution is 0.318. The maximum absolute atomic E-state index is 8.81. The Bertz CT molecular complexity index is 616. The van der Waals surface area contributed by atoms with Crippen LogP contribution in [-0.4, -0.2) is 22.1 Å². The summed E-state index contributed by atoms with van der Waals surface area (Å²) in [7, 11) is 1.96. The number of nitriles is 1. The van der Waals surface area contributed by atoms with Crippen LogP contribution in [0.25, 0.3) is 0 Å². The molecule has 0 fully saturated rings. The van der Waals surface area contributed by atoms with Crippen molar-refractivity contribution in [1.29, 1.82) is 5.26 Å². The van der Waals surface area contributed by atoms with Crippen molar-refractivity contribution in [1.82, 2.24) is 9.78 Å². The lowest BCUT2D eigenvalue weighted by Crippen LogP contribution is -1.99. The Kier molecular flexibility index (Phi) is 5.08. The molecule has 0 aliphatic rings. The highest BCUT2D eigenvalue weighted by Crippen LogP contribution is 2.19. The average molecular weight is 287 g/mol. The predicted molar refractivity (Wildman–Crippen MR) is 79.9 cm³/mol. The molecule has 0 spiro atoms. The van der Waals surface area contributed by atoms with Crippen molar-refractivity contribution in [3.05, 3.63) is 41.6 Å². The number of thioether (sulfide) groups is 1. The van der Waals surface area contributed by atoms with Gasteiger partial charge < -0.3 is 4.74 Å². The molecule has 1 aromatic carbocycles. The van der Waals surface area contributed by atoms with E-state index < -0.39 is 0 Å². The summed E-state index contributed by atoms with van der Waals surface area (Å²) in [6, 6.07) is 11.4. The molecule has 1 aromatic heterocycles. The number of ether oxygens (including phenoxy) is 1. The van der Waals surface area contributed by atoms with E-state index in [9.17, 15) is 0 Å². The Balaban J connectivity index is 1.71. The molecule has 20 heavy (non-hydrogen) atoms. The highest BCUT2D eigenvalue weighted by atomic mass is 32.2. The molecular weight excluding hydrogens is 270 g/mol. The summed E-state index contributed by atoms with van der Waals surface area (Å²) in [6.45, 7) is 2.65. The SMILES string of the molecule is Cc1cc(SCCCOc2cccc(C#N)c2)n(C)n1. The van der Waals surface area contributed by atoms with E-state index in [1.54, 1.807) is 23.9 Å². The molecule has 0 amide bonds. The highest BCUT2D eigenvalue weighted by Gasteiger charge is 2.02. The van der Waals surface area contributed by atoms with Crippen molar-refractivity contribution in [2.24, 2.45) is 7.05 Å². The summed E-state index contributed by atoms with van der Waals surface area (Å²) < 4.78 is 7.54. The van der Waals surface area contributed by atoms with E-state index in [2.05, 4.69) is 17.2 Å². The molecule has 2 rings (SSSR count). The molecule has 0 radical (unpaired) electrons. The summed E-state index contributed by atoms with van der Waals surface area (Å²) >= 11 is 1.78.